The van der Waals surface area contributed by atoms with Crippen LogP contribution in [0.4, 0.5) is 0 Å². The van der Waals surface area contributed by atoms with Crippen molar-refractivity contribution < 1.29 is 9.90 Å². The number of rotatable bonds is 4. The molecule has 104 valence electrons. The third kappa shape index (κ3) is 3.28. The largest absolute Gasteiger partial charge is 0.396 e. The summed E-state index contributed by atoms with van der Waals surface area (Å²) in [7, 11) is 0. The second kappa shape index (κ2) is 6.22. The Hall–Kier alpha value is -0.620. The van der Waals surface area contributed by atoms with Gasteiger partial charge >= 0.3 is 0 Å². The van der Waals surface area contributed by atoms with Crippen LogP contribution in [0.3, 0.4) is 0 Å². The van der Waals surface area contributed by atoms with Crippen LogP contribution in [0, 0.1) is 15.9 Å². The van der Waals surface area contributed by atoms with Gasteiger partial charge in [-0.2, -0.15) is 0 Å². The van der Waals surface area contributed by atoms with Crippen molar-refractivity contribution >= 4 is 28.5 Å². The average molecular weight is 373 g/mol. The Labute approximate surface area is 127 Å². The van der Waals surface area contributed by atoms with Gasteiger partial charge in [0.1, 0.15) is 0 Å². The molecule has 0 aliphatic heterocycles. The highest BCUT2D eigenvalue weighted by Crippen LogP contribution is 2.36. The van der Waals surface area contributed by atoms with E-state index in [2.05, 4.69) is 27.9 Å². The number of aryl methyl sites for hydroxylation is 1. The van der Waals surface area contributed by atoms with Crippen molar-refractivity contribution in [1.82, 2.24) is 5.32 Å². The third-order valence-electron chi connectivity index (χ3n) is 4.06. The minimum atomic E-state index is -0.0923. The lowest BCUT2D eigenvalue weighted by molar-refractivity contribution is 0.0879. The Balaban J connectivity index is 2.03. The Bertz CT molecular complexity index is 467. The summed E-state index contributed by atoms with van der Waals surface area (Å²) in [6, 6.07) is 5.76. The van der Waals surface area contributed by atoms with Crippen molar-refractivity contribution in [3.05, 3.63) is 32.9 Å². The zero-order chi connectivity index (χ0) is 13.9. The smallest absolute Gasteiger partial charge is 0.252 e. The van der Waals surface area contributed by atoms with E-state index in [4.69, 9.17) is 0 Å². The van der Waals surface area contributed by atoms with Crippen LogP contribution in [0.2, 0.25) is 0 Å². The SMILES string of the molecule is Cc1cccc(C(=O)NCC2(CO)CCCC2)c1I. The number of hydrogen-bond acceptors (Lipinski definition) is 2. The topological polar surface area (TPSA) is 49.3 Å². The van der Waals surface area contributed by atoms with Crippen molar-refractivity contribution in [2.24, 2.45) is 5.41 Å². The van der Waals surface area contributed by atoms with Crippen molar-refractivity contribution in [2.45, 2.75) is 32.6 Å². The van der Waals surface area contributed by atoms with Gasteiger partial charge in [0, 0.05) is 15.5 Å². The molecule has 0 bridgehead atoms. The highest BCUT2D eigenvalue weighted by Gasteiger charge is 2.33. The van der Waals surface area contributed by atoms with Crippen LogP contribution in [0.5, 0.6) is 0 Å². The molecule has 0 unspecified atom stereocenters. The summed E-state index contributed by atoms with van der Waals surface area (Å²) in [6.07, 6.45) is 4.32. The molecule has 0 spiro atoms. The van der Waals surface area contributed by atoms with E-state index < -0.39 is 0 Å². The first kappa shape index (κ1) is 14.8. The fourth-order valence-corrected chi connectivity index (χ4v) is 3.31. The van der Waals surface area contributed by atoms with Crippen molar-refractivity contribution in [3.63, 3.8) is 0 Å². The highest BCUT2D eigenvalue weighted by atomic mass is 127. The van der Waals surface area contributed by atoms with Gasteiger partial charge in [0.25, 0.3) is 5.91 Å². The van der Waals surface area contributed by atoms with Gasteiger partial charge in [-0.25, -0.2) is 0 Å². The summed E-state index contributed by atoms with van der Waals surface area (Å²) >= 11 is 2.21. The van der Waals surface area contributed by atoms with E-state index in [0.29, 0.717) is 6.54 Å². The molecule has 1 aliphatic rings. The first-order valence-electron chi connectivity index (χ1n) is 6.72. The molecule has 4 heteroatoms. The fourth-order valence-electron chi connectivity index (χ4n) is 2.70. The lowest BCUT2D eigenvalue weighted by Crippen LogP contribution is -2.38. The number of aliphatic hydroxyl groups is 1. The number of hydrogen-bond donors (Lipinski definition) is 2. The number of carbonyl (C=O) groups excluding carboxylic acids is 1. The molecule has 19 heavy (non-hydrogen) atoms. The lowest BCUT2D eigenvalue weighted by Gasteiger charge is -2.26. The summed E-state index contributed by atoms with van der Waals surface area (Å²) in [5.41, 5.74) is 1.75. The van der Waals surface area contributed by atoms with Gasteiger partial charge in [0.15, 0.2) is 0 Å². The van der Waals surface area contributed by atoms with E-state index >= 15 is 0 Å². The first-order valence-corrected chi connectivity index (χ1v) is 7.80. The highest BCUT2D eigenvalue weighted by molar-refractivity contribution is 14.1. The number of aliphatic hydroxyl groups excluding tert-OH is 1. The van der Waals surface area contributed by atoms with E-state index in [1.54, 1.807) is 0 Å². The van der Waals surface area contributed by atoms with Crippen LogP contribution in [0.25, 0.3) is 0 Å². The van der Waals surface area contributed by atoms with E-state index in [1.807, 2.05) is 25.1 Å². The van der Waals surface area contributed by atoms with Crippen molar-refractivity contribution in [1.29, 1.82) is 0 Å². The predicted octanol–water partition coefficient (Wildman–Crippen LogP) is 2.88. The van der Waals surface area contributed by atoms with Gasteiger partial charge in [-0.05, 0) is 54.0 Å². The van der Waals surface area contributed by atoms with E-state index in [9.17, 15) is 9.90 Å². The van der Waals surface area contributed by atoms with Gasteiger partial charge < -0.3 is 10.4 Å². The van der Waals surface area contributed by atoms with Crippen LogP contribution in [0.1, 0.15) is 41.6 Å². The first-order chi connectivity index (χ1) is 9.08. The van der Waals surface area contributed by atoms with E-state index in [0.717, 1.165) is 40.4 Å². The maximum Gasteiger partial charge on any atom is 0.252 e. The Morgan fingerprint density at radius 2 is 2.11 bits per heavy atom. The molecule has 0 radical (unpaired) electrons. The van der Waals surface area contributed by atoms with E-state index in [1.165, 1.54) is 0 Å². The molecule has 1 saturated carbocycles. The molecular formula is C15H20INO2. The van der Waals surface area contributed by atoms with E-state index in [-0.39, 0.29) is 17.9 Å². The average Bonchev–Trinajstić information content (AvgIpc) is 2.89. The van der Waals surface area contributed by atoms with Gasteiger partial charge in [-0.3, -0.25) is 4.79 Å². The Morgan fingerprint density at radius 1 is 1.42 bits per heavy atom. The van der Waals surface area contributed by atoms with Crippen LogP contribution in [-0.2, 0) is 0 Å². The van der Waals surface area contributed by atoms with Crippen molar-refractivity contribution in [2.75, 3.05) is 13.2 Å². The summed E-state index contributed by atoms with van der Waals surface area (Å²) in [4.78, 5) is 12.2. The molecule has 1 aromatic carbocycles. The van der Waals surface area contributed by atoms with Crippen molar-refractivity contribution in [3.8, 4) is 0 Å². The summed E-state index contributed by atoms with van der Waals surface area (Å²) in [5.74, 6) is -0.0344. The zero-order valence-corrected chi connectivity index (χ0v) is 13.4. The third-order valence-corrected chi connectivity index (χ3v) is 5.49. The standard InChI is InChI=1S/C15H20INO2/c1-11-5-4-6-12(13(11)16)14(19)17-9-15(10-18)7-2-3-8-15/h4-6,18H,2-3,7-10H2,1H3,(H,17,19). The monoisotopic (exact) mass is 373 g/mol. The Kier molecular flexibility index (Phi) is 4.84. The second-order valence-corrected chi connectivity index (χ2v) is 6.56. The van der Waals surface area contributed by atoms with Crippen LogP contribution in [-0.4, -0.2) is 24.2 Å². The van der Waals surface area contributed by atoms with Gasteiger partial charge in [0.2, 0.25) is 0 Å². The molecule has 1 aliphatic carbocycles. The molecular weight excluding hydrogens is 353 g/mol. The van der Waals surface area contributed by atoms with Crippen LogP contribution in [0.15, 0.2) is 18.2 Å². The molecule has 1 amide bonds. The fraction of sp³-hybridized carbons (Fsp3) is 0.533. The summed E-state index contributed by atoms with van der Waals surface area (Å²) in [5, 5.41) is 12.5. The molecule has 0 aromatic heterocycles. The molecule has 2 rings (SSSR count). The number of nitrogens with one attached hydrogen (secondary N) is 1. The molecule has 1 aromatic rings. The van der Waals surface area contributed by atoms with Gasteiger partial charge in [-0.1, -0.05) is 25.0 Å². The van der Waals surface area contributed by atoms with Crippen LogP contribution < -0.4 is 5.32 Å². The number of amides is 1. The summed E-state index contributed by atoms with van der Waals surface area (Å²) < 4.78 is 1.00. The second-order valence-electron chi connectivity index (χ2n) is 5.48. The molecule has 3 nitrogen and oxygen atoms in total. The zero-order valence-electron chi connectivity index (χ0n) is 11.2. The predicted molar refractivity (Wildman–Crippen MR) is 84.2 cm³/mol. The number of halogens is 1. The minimum absolute atomic E-state index is 0.0344. The minimum Gasteiger partial charge on any atom is -0.396 e. The Morgan fingerprint density at radius 3 is 2.74 bits per heavy atom. The van der Waals surface area contributed by atoms with Crippen LogP contribution >= 0.6 is 22.6 Å². The quantitative estimate of drug-likeness (QED) is 0.798. The van der Waals surface area contributed by atoms with Gasteiger partial charge in [0.05, 0.1) is 12.2 Å². The molecule has 2 N–H and O–H groups in total. The maximum absolute atomic E-state index is 12.2. The number of benzene rings is 1. The maximum atomic E-state index is 12.2. The normalized spacial score (nSPS) is 17.4. The van der Waals surface area contributed by atoms with Gasteiger partial charge in [-0.15, -0.1) is 0 Å². The molecule has 0 atom stereocenters. The molecule has 0 heterocycles. The molecule has 1 fully saturated rings. The number of carbonyl (C=O) groups is 1. The molecule has 0 saturated heterocycles. The summed E-state index contributed by atoms with van der Waals surface area (Å²) in [6.45, 7) is 2.75. The lowest BCUT2D eigenvalue weighted by atomic mass is 9.87.